The first-order chi connectivity index (χ1) is 15.5. The molecule has 2 amide bonds. The Labute approximate surface area is 187 Å². The summed E-state index contributed by atoms with van der Waals surface area (Å²) in [6.45, 7) is 2.19. The van der Waals surface area contributed by atoms with E-state index in [1.54, 1.807) is 6.07 Å². The van der Waals surface area contributed by atoms with Gasteiger partial charge in [0.15, 0.2) is 0 Å². The van der Waals surface area contributed by atoms with Crippen LogP contribution in [0.4, 0.5) is 5.82 Å². The van der Waals surface area contributed by atoms with Crippen molar-refractivity contribution in [1.29, 1.82) is 0 Å². The molecule has 3 heterocycles. The topological polar surface area (TPSA) is 91.9 Å². The number of rotatable bonds is 5. The Morgan fingerprint density at radius 1 is 1.06 bits per heavy atom. The molecule has 1 spiro atoms. The highest BCUT2D eigenvalue weighted by atomic mass is 16.2. The van der Waals surface area contributed by atoms with Crippen molar-refractivity contribution < 1.29 is 9.59 Å². The molecule has 4 aliphatic rings. The summed E-state index contributed by atoms with van der Waals surface area (Å²) in [5, 5.41) is 0. The lowest BCUT2D eigenvalue weighted by Gasteiger charge is -2.23. The lowest BCUT2D eigenvalue weighted by molar-refractivity contribution is -0.131. The number of carbonyl (C=O) groups is 2. The van der Waals surface area contributed by atoms with E-state index >= 15 is 0 Å². The van der Waals surface area contributed by atoms with Gasteiger partial charge in [-0.25, -0.2) is 4.98 Å². The first-order valence-electron chi connectivity index (χ1n) is 11.6. The maximum absolute atomic E-state index is 13.2. The summed E-state index contributed by atoms with van der Waals surface area (Å²) >= 11 is 0. The number of nitrogen functional groups attached to an aromatic ring is 1. The van der Waals surface area contributed by atoms with Crippen molar-refractivity contribution in [2.45, 2.75) is 37.6 Å². The number of carbonyl (C=O) groups excluding carboxylic acids is 2. The van der Waals surface area contributed by atoms with Crippen LogP contribution >= 0.6 is 0 Å². The lowest BCUT2D eigenvalue weighted by atomic mass is 10.1. The van der Waals surface area contributed by atoms with E-state index in [4.69, 9.17) is 10.7 Å². The van der Waals surface area contributed by atoms with E-state index in [0.717, 1.165) is 67.9 Å². The van der Waals surface area contributed by atoms with E-state index in [1.807, 2.05) is 46.2 Å². The normalized spacial score (nSPS) is 23.7. The second kappa shape index (κ2) is 7.15. The van der Waals surface area contributed by atoms with Crippen molar-refractivity contribution in [1.82, 2.24) is 14.8 Å². The number of nitrogens with zero attached hydrogens (tertiary/aromatic N) is 4. The highest BCUT2D eigenvalue weighted by Gasteiger charge is 2.57. The number of benzene rings is 1. The third-order valence-corrected chi connectivity index (χ3v) is 7.12. The van der Waals surface area contributed by atoms with Crippen LogP contribution in [-0.2, 0) is 9.59 Å². The van der Waals surface area contributed by atoms with Crippen LogP contribution in [0.2, 0.25) is 0 Å². The van der Waals surface area contributed by atoms with Crippen molar-refractivity contribution >= 4 is 23.5 Å². The molecule has 2 saturated carbocycles. The predicted octanol–water partition coefficient (Wildman–Crippen LogP) is 2.71. The van der Waals surface area contributed by atoms with Crippen molar-refractivity contribution in [2.75, 3.05) is 25.4 Å². The van der Waals surface area contributed by atoms with Crippen LogP contribution in [0.3, 0.4) is 0 Å². The molecule has 1 saturated heterocycles. The molecule has 1 aromatic heterocycles. The molecular formula is C25H27N5O2. The summed E-state index contributed by atoms with van der Waals surface area (Å²) < 4.78 is 0. The zero-order valence-corrected chi connectivity index (χ0v) is 18.0. The molecule has 7 nitrogen and oxygen atoms in total. The molecule has 32 heavy (non-hydrogen) atoms. The third-order valence-electron chi connectivity index (χ3n) is 7.12. The fourth-order valence-electron chi connectivity index (χ4n) is 4.92. The summed E-state index contributed by atoms with van der Waals surface area (Å²) in [5.74, 6) is 2.25. The lowest BCUT2D eigenvalue weighted by Crippen LogP contribution is -2.40. The van der Waals surface area contributed by atoms with Crippen molar-refractivity contribution in [3.8, 4) is 11.3 Å². The summed E-state index contributed by atoms with van der Waals surface area (Å²) in [6.07, 6.45) is 4.67. The van der Waals surface area contributed by atoms with Gasteiger partial charge < -0.3 is 10.6 Å². The van der Waals surface area contributed by atoms with Crippen LogP contribution in [0.15, 0.2) is 47.5 Å². The average molecular weight is 430 g/mol. The largest absolute Gasteiger partial charge is 0.384 e. The van der Waals surface area contributed by atoms with Gasteiger partial charge in [0.25, 0.3) is 5.91 Å². The molecule has 1 unspecified atom stereocenters. The molecule has 2 aliphatic heterocycles. The van der Waals surface area contributed by atoms with Crippen LogP contribution in [0.1, 0.15) is 37.7 Å². The van der Waals surface area contributed by atoms with Crippen LogP contribution in [0.25, 0.3) is 11.3 Å². The quantitative estimate of drug-likeness (QED) is 0.791. The second-order valence-electron chi connectivity index (χ2n) is 9.62. The summed E-state index contributed by atoms with van der Waals surface area (Å²) in [6, 6.07) is 13.6. The van der Waals surface area contributed by atoms with Crippen molar-refractivity contribution in [2.24, 2.45) is 16.8 Å². The van der Waals surface area contributed by atoms with Crippen molar-refractivity contribution in [3.05, 3.63) is 48.0 Å². The minimum atomic E-state index is -0.536. The zero-order chi connectivity index (χ0) is 21.9. The van der Waals surface area contributed by atoms with Gasteiger partial charge in [0.2, 0.25) is 5.91 Å². The number of pyridine rings is 1. The molecule has 1 aromatic carbocycles. The van der Waals surface area contributed by atoms with Gasteiger partial charge in [0.1, 0.15) is 17.2 Å². The smallest absolute Gasteiger partial charge is 0.256 e. The number of anilines is 1. The number of nitrogens with two attached hydrogens (primary N) is 1. The number of likely N-dealkylation sites (tertiary alicyclic amines) is 1. The Morgan fingerprint density at radius 3 is 2.50 bits per heavy atom. The standard InChI is InChI=1S/C25H27N5O2/c26-21-3-1-2-20(27-21)17-4-6-18(7-5-17)22-28-25(11-12-25)24(32)30(22)15-16-10-13-29(14-16)23(31)19-8-9-19/h1-7,16,19H,8-15H2,(H2,26,27). The molecule has 2 N–H and O–H groups in total. The van der Waals surface area contributed by atoms with Gasteiger partial charge in [-0.1, -0.05) is 30.3 Å². The van der Waals surface area contributed by atoms with Crippen LogP contribution < -0.4 is 5.73 Å². The van der Waals surface area contributed by atoms with E-state index < -0.39 is 5.54 Å². The van der Waals surface area contributed by atoms with E-state index in [9.17, 15) is 9.59 Å². The molecule has 6 rings (SSSR count). The molecular weight excluding hydrogens is 402 g/mol. The number of aromatic nitrogens is 1. The maximum Gasteiger partial charge on any atom is 0.256 e. The van der Waals surface area contributed by atoms with E-state index in [1.165, 1.54) is 0 Å². The molecule has 2 aromatic rings. The molecule has 7 heteroatoms. The fourth-order valence-corrected chi connectivity index (χ4v) is 4.92. The molecule has 3 fully saturated rings. The number of amides is 2. The van der Waals surface area contributed by atoms with Crippen LogP contribution in [-0.4, -0.2) is 57.6 Å². The Bertz CT molecular complexity index is 1120. The Hall–Kier alpha value is -3.22. The van der Waals surface area contributed by atoms with Crippen LogP contribution in [0, 0.1) is 11.8 Å². The monoisotopic (exact) mass is 429 g/mol. The fraction of sp³-hybridized carbons (Fsp3) is 0.440. The first-order valence-corrected chi connectivity index (χ1v) is 11.6. The Morgan fingerprint density at radius 2 is 1.81 bits per heavy atom. The van der Waals surface area contributed by atoms with E-state index in [0.29, 0.717) is 24.2 Å². The number of aliphatic imine (C=N–C) groups is 1. The molecule has 0 radical (unpaired) electrons. The number of hydrogen-bond acceptors (Lipinski definition) is 5. The minimum Gasteiger partial charge on any atom is -0.384 e. The van der Waals surface area contributed by atoms with Gasteiger partial charge in [-0.05, 0) is 50.2 Å². The number of amidine groups is 1. The van der Waals surface area contributed by atoms with Gasteiger partial charge in [0.05, 0.1) is 5.69 Å². The Kier molecular flexibility index (Phi) is 4.35. The summed E-state index contributed by atoms with van der Waals surface area (Å²) in [4.78, 5) is 38.8. The molecule has 164 valence electrons. The van der Waals surface area contributed by atoms with Crippen molar-refractivity contribution in [3.63, 3.8) is 0 Å². The Balaban J connectivity index is 1.21. The highest BCUT2D eigenvalue weighted by molar-refractivity contribution is 6.16. The van der Waals surface area contributed by atoms with E-state index in [2.05, 4.69) is 4.98 Å². The number of hydrogen-bond donors (Lipinski definition) is 1. The first kappa shape index (κ1) is 19.5. The highest BCUT2D eigenvalue weighted by Crippen LogP contribution is 2.46. The van der Waals surface area contributed by atoms with Gasteiger partial charge in [-0.15, -0.1) is 0 Å². The summed E-state index contributed by atoms with van der Waals surface area (Å²) in [7, 11) is 0. The van der Waals surface area contributed by atoms with Gasteiger partial charge in [-0.3, -0.25) is 19.5 Å². The molecule has 1 atom stereocenters. The van der Waals surface area contributed by atoms with Gasteiger partial charge in [0, 0.05) is 36.7 Å². The SMILES string of the molecule is Nc1cccc(-c2ccc(C3=NC4(CC4)C(=O)N3CC3CCN(C(=O)C4CC4)C3)cc2)n1. The van der Waals surface area contributed by atoms with Crippen LogP contribution in [0.5, 0.6) is 0 Å². The average Bonchev–Trinajstić information content (AvgIpc) is 3.72. The maximum atomic E-state index is 13.2. The molecule has 2 aliphatic carbocycles. The van der Waals surface area contributed by atoms with Gasteiger partial charge in [-0.2, -0.15) is 0 Å². The zero-order valence-electron chi connectivity index (χ0n) is 18.0. The van der Waals surface area contributed by atoms with Gasteiger partial charge >= 0.3 is 0 Å². The molecule has 0 bridgehead atoms. The minimum absolute atomic E-state index is 0.126. The second-order valence-corrected chi connectivity index (χ2v) is 9.62. The third kappa shape index (κ3) is 3.36. The predicted molar refractivity (Wildman–Crippen MR) is 122 cm³/mol. The van der Waals surface area contributed by atoms with E-state index in [-0.39, 0.29) is 11.8 Å². The summed E-state index contributed by atoms with van der Waals surface area (Å²) in [5.41, 5.74) is 8.03.